The predicted molar refractivity (Wildman–Crippen MR) is 95.9 cm³/mol. The fraction of sp³-hybridized carbons (Fsp3) is 0.500. The Morgan fingerprint density at radius 2 is 2.27 bits per heavy atom. The molecule has 134 valence electrons. The van der Waals surface area contributed by atoms with Crippen LogP contribution < -0.4 is 9.64 Å². The number of ether oxygens (including phenoxy) is 1. The van der Waals surface area contributed by atoms with Crippen LogP contribution in [0.4, 0.5) is 5.82 Å². The maximum Gasteiger partial charge on any atom is 0.316 e. The van der Waals surface area contributed by atoms with Crippen LogP contribution in [0.5, 0.6) is 6.01 Å². The fourth-order valence-electron chi connectivity index (χ4n) is 4.51. The molecule has 1 saturated heterocycles. The molecule has 0 spiro atoms. The van der Waals surface area contributed by atoms with Gasteiger partial charge in [0, 0.05) is 30.4 Å². The second-order valence-electron chi connectivity index (χ2n) is 7.40. The second-order valence-corrected chi connectivity index (χ2v) is 7.40. The van der Waals surface area contributed by atoms with E-state index < -0.39 is 0 Å². The topological polar surface area (TPSA) is 92.7 Å². The lowest BCUT2D eigenvalue weighted by Gasteiger charge is -2.28. The number of anilines is 1. The van der Waals surface area contributed by atoms with Gasteiger partial charge in [-0.25, -0.2) is 24.9 Å². The van der Waals surface area contributed by atoms with Gasteiger partial charge in [-0.15, -0.1) is 0 Å². The Hall–Kier alpha value is -2.77. The maximum atomic E-state index is 6.03. The first-order valence-corrected chi connectivity index (χ1v) is 9.05. The molecule has 1 aliphatic heterocycles. The normalized spacial score (nSPS) is 25.0. The van der Waals surface area contributed by atoms with Crippen molar-refractivity contribution in [3.05, 3.63) is 30.6 Å². The van der Waals surface area contributed by atoms with Crippen molar-refractivity contribution in [3.8, 4) is 6.01 Å². The summed E-state index contributed by atoms with van der Waals surface area (Å²) < 4.78 is 6.03. The quantitative estimate of drug-likeness (QED) is 0.770. The van der Waals surface area contributed by atoms with Crippen LogP contribution in [0.2, 0.25) is 0 Å². The summed E-state index contributed by atoms with van der Waals surface area (Å²) in [6.07, 6.45) is 8.66. The summed E-state index contributed by atoms with van der Waals surface area (Å²) in [5.41, 5.74) is 2.67. The zero-order chi connectivity index (χ0) is 17.6. The molecule has 1 aliphatic carbocycles. The lowest BCUT2D eigenvalue weighted by molar-refractivity contribution is 0.130. The van der Waals surface area contributed by atoms with Crippen molar-refractivity contribution in [1.82, 2.24) is 29.9 Å². The molecule has 0 amide bonds. The van der Waals surface area contributed by atoms with Crippen LogP contribution >= 0.6 is 0 Å². The molecule has 2 aliphatic rings. The maximum absolute atomic E-state index is 6.03. The van der Waals surface area contributed by atoms with Gasteiger partial charge in [0.15, 0.2) is 11.5 Å². The molecule has 0 radical (unpaired) electrons. The van der Waals surface area contributed by atoms with Crippen molar-refractivity contribution >= 4 is 17.0 Å². The van der Waals surface area contributed by atoms with Crippen molar-refractivity contribution in [3.63, 3.8) is 0 Å². The summed E-state index contributed by atoms with van der Waals surface area (Å²) in [5.74, 6) is 1.54. The Labute approximate surface area is 151 Å². The van der Waals surface area contributed by atoms with Crippen LogP contribution in [-0.2, 0) is 0 Å². The van der Waals surface area contributed by atoms with Gasteiger partial charge in [0.05, 0.1) is 12.9 Å². The zero-order valence-electron chi connectivity index (χ0n) is 14.7. The Kier molecular flexibility index (Phi) is 3.51. The van der Waals surface area contributed by atoms with E-state index in [4.69, 9.17) is 4.74 Å². The number of hydrogen-bond donors (Lipinski definition) is 1. The first kappa shape index (κ1) is 15.5. The number of fused-ring (bicyclic) bond motifs is 2. The third-order valence-electron chi connectivity index (χ3n) is 5.80. The number of nitrogens with one attached hydrogen (secondary N) is 1. The van der Waals surface area contributed by atoms with Crippen molar-refractivity contribution in [2.75, 3.05) is 24.6 Å². The van der Waals surface area contributed by atoms with Gasteiger partial charge in [-0.2, -0.15) is 0 Å². The molecule has 4 heterocycles. The highest BCUT2D eigenvalue weighted by molar-refractivity contribution is 5.82. The molecule has 1 N–H and O–H groups in total. The van der Waals surface area contributed by atoms with Crippen molar-refractivity contribution < 1.29 is 4.74 Å². The van der Waals surface area contributed by atoms with Crippen LogP contribution in [0.25, 0.3) is 11.2 Å². The van der Waals surface area contributed by atoms with Gasteiger partial charge < -0.3 is 14.6 Å². The number of aromatic nitrogens is 6. The van der Waals surface area contributed by atoms with Crippen molar-refractivity contribution in [1.29, 1.82) is 0 Å². The Bertz CT molecular complexity index is 942. The van der Waals surface area contributed by atoms with Crippen LogP contribution in [0.1, 0.15) is 25.0 Å². The van der Waals surface area contributed by atoms with Crippen LogP contribution in [-0.4, -0.2) is 49.6 Å². The summed E-state index contributed by atoms with van der Waals surface area (Å²) in [4.78, 5) is 27.2. The summed E-state index contributed by atoms with van der Waals surface area (Å²) >= 11 is 0. The number of imidazole rings is 1. The average molecular weight is 351 g/mol. The van der Waals surface area contributed by atoms with E-state index in [1.807, 2.05) is 13.0 Å². The van der Waals surface area contributed by atoms with E-state index in [-0.39, 0.29) is 5.41 Å². The predicted octanol–water partition coefficient (Wildman–Crippen LogP) is 2.14. The minimum Gasteiger partial charge on any atom is -0.463 e. The fourth-order valence-corrected chi connectivity index (χ4v) is 4.51. The highest BCUT2D eigenvalue weighted by Crippen LogP contribution is 2.49. The van der Waals surface area contributed by atoms with Gasteiger partial charge in [0.1, 0.15) is 11.8 Å². The molecular formula is C18H21N7O. The van der Waals surface area contributed by atoms with Gasteiger partial charge in [-0.1, -0.05) is 6.42 Å². The molecular weight excluding hydrogens is 330 g/mol. The molecule has 3 aromatic heterocycles. The smallest absolute Gasteiger partial charge is 0.316 e. The first-order chi connectivity index (χ1) is 12.7. The van der Waals surface area contributed by atoms with E-state index in [1.54, 1.807) is 18.9 Å². The lowest BCUT2D eigenvalue weighted by atomic mass is 9.82. The van der Waals surface area contributed by atoms with Crippen LogP contribution in [0.15, 0.2) is 24.9 Å². The number of hydrogen-bond acceptors (Lipinski definition) is 7. The number of aromatic amines is 1. The van der Waals surface area contributed by atoms with Gasteiger partial charge in [0.25, 0.3) is 0 Å². The molecule has 26 heavy (non-hydrogen) atoms. The van der Waals surface area contributed by atoms with E-state index in [0.29, 0.717) is 24.2 Å². The second kappa shape index (κ2) is 5.89. The molecule has 1 saturated carbocycles. The molecule has 8 heteroatoms. The highest BCUT2D eigenvalue weighted by atomic mass is 16.5. The molecule has 0 bridgehead atoms. The summed E-state index contributed by atoms with van der Waals surface area (Å²) in [5, 5.41) is 0. The molecule has 2 unspecified atom stereocenters. The highest BCUT2D eigenvalue weighted by Gasteiger charge is 2.50. The third-order valence-corrected chi connectivity index (χ3v) is 5.80. The van der Waals surface area contributed by atoms with E-state index in [2.05, 4.69) is 34.8 Å². The van der Waals surface area contributed by atoms with Gasteiger partial charge in [-0.3, -0.25) is 0 Å². The van der Waals surface area contributed by atoms with Crippen molar-refractivity contribution in [2.45, 2.75) is 26.2 Å². The number of H-pyrrole nitrogens is 1. The Morgan fingerprint density at radius 3 is 3.19 bits per heavy atom. The van der Waals surface area contributed by atoms with E-state index >= 15 is 0 Å². The van der Waals surface area contributed by atoms with E-state index in [0.717, 1.165) is 36.5 Å². The molecule has 2 atom stereocenters. The lowest BCUT2D eigenvalue weighted by Crippen LogP contribution is -2.34. The van der Waals surface area contributed by atoms with Gasteiger partial charge >= 0.3 is 6.01 Å². The average Bonchev–Trinajstić information content (AvgIpc) is 3.33. The standard InChI is InChI=1S/C18H21N7O/c1-12-4-6-19-17(24-12)26-9-18-5-2-3-13(18)7-25(8-18)16-14-15(21-10-20-14)22-11-23-16/h4,6,10-11,13H,2-3,5,7-9H2,1H3,(H,20,21,22,23). The van der Waals surface area contributed by atoms with E-state index in [9.17, 15) is 0 Å². The van der Waals surface area contributed by atoms with Gasteiger partial charge in [-0.05, 0) is 31.7 Å². The minimum absolute atomic E-state index is 0.129. The van der Waals surface area contributed by atoms with Crippen LogP contribution in [0.3, 0.4) is 0 Å². The van der Waals surface area contributed by atoms with E-state index in [1.165, 1.54) is 12.8 Å². The molecule has 3 aromatic rings. The molecule has 0 aromatic carbocycles. The number of nitrogens with zero attached hydrogens (tertiary/aromatic N) is 6. The number of aryl methyl sites for hydroxylation is 1. The summed E-state index contributed by atoms with van der Waals surface area (Å²) in [6, 6.07) is 2.35. The molecule has 2 fully saturated rings. The summed E-state index contributed by atoms with van der Waals surface area (Å²) in [6.45, 7) is 4.51. The first-order valence-electron chi connectivity index (χ1n) is 9.05. The number of rotatable bonds is 4. The third kappa shape index (κ3) is 2.48. The zero-order valence-corrected chi connectivity index (χ0v) is 14.7. The summed E-state index contributed by atoms with van der Waals surface area (Å²) in [7, 11) is 0. The minimum atomic E-state index is 0.129. The Morgan fingerprint density at radius 1 is 1.31 bits per heavy atom. The Balaban J connectivity index is 1.39. The van der Waals surface area contributed by atoms with Crippen molar-refractivity contribution in [2.24, 2.45) is 11.3 Å². The SMILES string of the molecule is Cc1ccnc(OCC23CCCC2CN(c2ncnc4nc[nH]c24)C3)n1. The van der Waals surface area contributed by atoms with Gasteiger partial charge in [0.2, 0.25) is 0 Å². The van der Waals surface area contributed by atoms with Crippen LogP contribution in [0, 0.1) is 18.3 Å². The largest absolute Gasteiger partial charge is 0.463 e. The molecule has 5 rings (SSSR count). The monoisotopic (exact) mass is 351 g/mol. The molecule has 8 nitrogen and oxygen atoms in total.